The molecular formula is C6H10Br2O2. The van der Waals surface area contributed by atoms with Crippen LogP contribution < -0.4 is 0 Å². The molecular weight excluding hydrogens is 264 g/mol. The van der Waals surface area contributed by atoms with Gasteiger partial charge in [-0.3, -0.25) is 0 Å². The van der Waals surface area contributed by atoms with Crippen molar-refractivity contribution in [2.24, 2.45) is 5.92 Å². The molecule has 1 aliphatic carbocycles. The number of alkyl halides is 2. The zero-order valence-electron chi connectivity index (χ0n) is 5.93. The third-order valence-electron chi connectivity index (χ3n) is 1.67. The van der Waals surface area contributed by atoms with Gasteiger partial charge in [0, 0.05) is 20.1 Å². The Balaban J connectivity index is 2.36. The lowest BCUT2D eigenvalue weighted by atomic mass is 10.4. The maximum atomic E-state index is 5.08. The average Bonchev–Trinajstić information content (AvgIpc) is 2.44. The molecule has 0 N–H and O–H groups in total. The number of methoxy groups -OCH3 is 2. The van der Waals surface area contributed by atoms with E-state index in [4.69, 9.17) is 9.47 Å². The molecule has 1 atom stereocenters. The second-order valence-corrected chi connectivity index (χ2v) is 6.31. The van der Waals surface area contributed by atoms with Crippen molar-refractivity contribution in [3.8, 4) is 0 Å². The van der Waals surface area contributed by atoms with E-state index in [1.54, 1.807) is 14.2 Å². The summed E-state index contributed by atoms with van der Waals surface area (Å²) in [4.78, 5) is 0. The summed E-state index contributed by atoms with van der Waals surface area (Å²) in [5, 5.41) is 0. The standard InChI is InChI=1S/C6H10Br2O2/c1-9-5(10-2)4-3-6(4,7)8/h4-5H,3H2,1-2H3. The van der Waals surface area contributed by atoms with Crippen LogP contribution in [-0.4, -0.2) is 23.7 Å². The van der Waals surface area contributed by atoms with Gasteiger partial charge in [0.15, 0.2) is 6.29 Å². The normalized spacial score (nSPS) is 29.1. The van der Waals surface area contributed by atoms with Crippen molar-refractivity contribution in [3.05, 3.63) is 0 Å². The second kappa shape index (κ2) is 3.09. The van der Waals surface area contributed by atoms with Gasteiger partial charge in [-0.05, 0) is 6.42 Å². The Kier molecular flexibility index (Phi) is 2.77. The van der Waals surface area contributed by atoms with Gasteiger partial charge in [-0.2, -0.15) is 0 Å². The van der Waals surface area contributed by atoms with E-state index >= 15 is 0 Å². The predicted molar refractivity (Wildman–Crippen MR) is 46.5 cm³/mol. The van der Waals surface area contributed by atoms with Gasteiger partial charge in [0.25, 0.3) is 0 Å². The first-order valence-corrected chi connectivity index (χ1v) is 4.64. The predicted octanol–water partition coefficient (Wildman–Crippen LogP) is 2.11. The monoisotopic (exact) mass is 272 g/mol. The Hall–Kier alpha value is 0.880. The summed E-state index contributed by atoms with van der Waals surface area (Å²) in [5.41, 5.74) is 0. The van der Waals surface area contributed by atoms with E-state index in [9.17, 15) is 0 Å². The van der Waals surface area contributed by atoms with Crippen molar-refractivity contribution in [2.75, 3.05) is 14.2 Å². The molecule has 0 aromatic carbocycles. The molecule has 0 spiro atoms. The molecule has 0 amide bonds. The summed E-state index contributed by atoms with van der Waals surface area (Å²) in [6, 6.07) is 0. The van der Waals surface area contributed by atoms with E-state index < -0.39 is 0 Å². The molecule has 1 aliphatic rings. The van der Waals surface area contributed by atoms with Crippen LogP contribution in [0.25, 0.3) is 0 Å². The van der Waals surface area contributed by atoms with E-state index in [1.165, 1.54) is 0 Å². The van der Waals surface area contributed by atoms with Crippen LogP contribution in [0.2, 0.25) is 0 Å². The van der Waals surface area contributed by atoms with Crippen LogP contribution in [0.3, 0.4) is 0 Å². The van der Waals surface area contributed by atoms with Crippen molar-refractivity contribution < 1.29 is 9.47 Å². The van der Waals surface area contributed by atoms with Crippen molar-refractivity contribution in [1.29, 1.82) is 0 Å². The molecule has 0 aromatic heterocycles. The van der Waals surface area contributed by atoms with Gasteiger partial charge in [0.05, 0.1) is 3.23 Å². The van der Waals surface area contributed by atoms with Gasteiger partial charge in [-0.25, -0.2) is 0 Å². The maximum Gasteiger partial charge on any atom is 0.161 e. The highest BCUT2D eigenvalue weighted by molar-refractivity contribution is 9.25. The molecule has 0 heterocycles. The number of ether oxygens (including phenoxy) is 2. The highest BCUT2D eigenvalue weighted by atomic mass is 79.9. The van der Waals surface area contributed by atoms with Crippen LogP contribution in [0, 0.1) is 5.92 Å². The highest BCUT2D eigenvalue weighted by Gasteiger charge is 2.55. The van der Waals surface area contributed by atoms with E-state index in [-0.39, 0.29) is 9.52 Å². The fraction of sp³-hybridized carbons (Fsp3) is 1.00. The van der Waals surface area contributed by atoms with Gasteiger partial charge in [-0.15, -0.1) is 0 Å². The lowest BCUT2D eigenvalue weighted by molar-refractivity contribution is -0.115. The first-order chi connectivity index (χ1) is 4.61. The lowest BCUT2D eigenvalue weighted by Crippen LogP contribution is -2.18. The molecule has 10 heavy (non-hydrogen) atoms. The first kappa shape index (κ1) is 8.97. The molecule has 0 aliphatic heterocycles. The Morgan fingerprint density at radius 3 is 1.90 bits per heavy atom. The summed E-state index contributed by atoms with van der Waals surface area (Å²) < 4.78 is 10.2. The van der Waals surface area contributed by atoms with Crippen LogP contribution in [-0.2, 0) is 9.47 Å². The summed E-state index contributed by atoms with van der Waals surface area (Å²) in [6.45, 7) is 0. The van der Waals surface area contributed by atoms with E-state index in [0.29, 0.717) is 5.92 Å². The summed E-state index contributed by atoms with van der Waals surface area (Å²) in [6.07, 6.45) is 0.970. The van der Waals surface area contributed by atoms with E-state index in [1.807, 2.05) is 0 Å². The summed E-state index contributed by atoms with van der Waals surface area (Å²) in [7, 11) is 3.31. The zero-order chi connectivity index (χ0) is 7.78. The van der Waals surface area contributed by atoms with Crippen LogP contribution in [0.5, 0.6) is 0 Å². The number of rotatable bonds is 3. The van der Waals surface area contributed by atoms with Crippen LogP contribution in [0.4, 0.5) is 0 Å². The Morgan fingerprint density at radius 2 is 1.80 bits per heavy atom. The molecule has 0 saturated heterocycles. The van der Waals surface area contributed by atoms with Crippen molar-refractivity contribution in [2.45, 2.75) is 15.9 Å². The summed E-state index contributed by atoms with van der Waals surface area (Å²) in [5.74, 6) is 0.433. The highest BCUT2D eigenvalue weighted by Crippen LogP contribution is 2.58. The fourth-order valence-corrected chi connectivity index (χ4v) is 2.08. The van der Waals surface area contributed by atoms with Crippen molar-refractivity contribution in [3.63, 3.8) is 0 Å². The van der Waals surface area contributed by atoms with E-state index in [0.717, 1.165) is 6.42 Å². The van der Waals surface area contributed by atoms with Gasteiger partial charge in [-0.1, -0.05) is 31.9 Å². The van der Waals surface area contributed by atoms with E-state index in [2.05, 4.69) is 31.9 Å². The topological polar surface area (TPSA) is 18.5 Å². The largest absolute Gasteiger partial charge is 0.356 e. The smallest absolute Gasteiger partial charge is 0.161 e. The van der Waals surface area contributed by atoms with Gasteiger partial charge >= 0.3 is 0 Å². The molecule has 1 rings (SSSR count). The molecule has 1 fully saturated rings. The van der Waals surface area contributed by atoms with Gasteiger partial charge in [0.1, 0.15) is 0 Å². The average molecular weight is 274 g/mol. The minimum Gasteiger partial charge on any atom is -0.356 e. The van der Waals surface area contributed by atoms with Crippen LogP contribution in [0.15, 0.2) is 0 Å². The molecule has 0 aromatic rings. The molecule has 0 radical (unpaired) electrons. The lowest BCUT2D eigenvalue weighted by Gasteiger charge is -2.12. The Labute approximate surface area is 77.5 Å². The maximum absolute atomic E-state index is 5.08. The fourth-order valence-electron chi connectivity index (χ4n) is 0.954. The number of hydrogen-bond donors (Lipinski definition) is 0. The minimum atomic E-state index is -0.0845. The quantitative estimate of drug-likeness (QED) is 0.579. The first-order valence-electron chi connectivity index (χ1n) is 3.05. The molecule has 1 unspecified atom stereocenters. The molecule has 1 saturated carbocycles. The third kappa shape index (κ3) is 1.72. The minimum absolute atomic E-state index is 0.0662. The van der Waals surface area contributed by atoms with Gasteiger partial charge < -0.3 is 9.47 Å². The molecule has 2 nitrogen and oxygen atoms in total. The SMILES string of the molecule is COC(OC)C1CC1(Br)Br. The zero-order valence-corrected chi connectivity index (χ0v) is 9.11. The second-order valence-electron chi connectivity index (χ2n) is 2.41. The Bertz CT molecular complexity index is 123. The summed E-state index contributed by atoms with van der Waals surface area (Å²) >= 11 is 6.98. The van der Waals surface area contributed by atoms with Crippen LogP contribution >= 0.6 is 31.9 Å². The number of hydrogen-bond acceptors (Lipinski definition) is 2. The molecule has 60 valence electrons. The number of halogens is 2. The van der Waals surface area contributed by atoms with Crippen LogP contribution in [0.1, 0.15) is 6.42 Å². The van der Waals surface area contributed by atoms with Crippen molar-refractivity contribution >= 4 is 31.9 Å². The van der Waals surface area contributed by atoms with Gasteiger partial charge in [0.2, 0.25) is 0 Å². The van der Waals surface area contributed by atoms with Crippen molar-refractivity contribution in [1.82, 2.24) is 0 Å². The molecule has 4 heteroatoms. The Morgan fingerprint density at radius 1 is 1.40 bits per heavy atom. The molecule has 0 bridgehead atoms. The third-order valence-corrected chi connectivity index (χ3v) is 3.49.